The lowest BCUT2D eigenvalue weighted by Crippen LogP contribution is -2.43. The predicted molar refractivity (Wildman–Crippen MR) is 120 cm³/mol. The summed E-state index contributed by atoms with van der Waals surface area (Å²) < 4.78 is 29.9. The Bertz CT molecular complexity index is 1000. The van der Waals surface area contributed by atoms with Gasteiger partial charge in [-0.1, -0.05) is 11.6 Å². The molecule has 1 aliphatic rings. The van der Waals surface area contributed by atoms with Gasteiger partial charge < -0.3 is 5.32 Å². The van der Waals surface area contributed by atoms with Gasteiger partial charge >= 0.3 is 0 Å². The minimum atomic E-state index is -3.56. The summed E-state index contributed by atoms with van der Waals surface area (Å²) in [5.41, 5.74) is 2.03. The van der Waals surface area contributed by atoms with Gasteiger partial charge in [0, 0.05) is 42.8 Å². The molecule has 0 spiro atoms. The molecule has 164 valence electrons. The van der Waals surface area contributed by atoms with Crippen LogP contribution < -0.4 is 5.32 Å². The summed E-state index contributed by atoms with van der Waals surface area (Å²) in [6.45, 7) is 5.93. The number of rotatable bonds is 7. The maximum atomic E-state index is 12.7. The number of hydrogen-bond donors (Lipinski definition) is 1. The molecule has 30 heavy (non-hydrogen) atoms. The summed E-state index contributed by atoms with van der Waals surface area (Å²) in [4.78, 5) is 12.7. The average Bonchev–Trinajstić information content (AvgIpc) is 2.98. The van der Waals surface area contributed by atoms with Crippen LogP contribution in [0.3, 0.4) is 0 Å². The fourth-order valence-electron chi connectivity index (χ4n) is 3.59. The number of sulfonamides is 1. The first-order valence-electron chi connectivity index (χ1n) is 9.93. The maximum Gasteiger partial charge on any atom is 0.243 e. The van der Waals surface area contributed by atoms with Crippen molar-refractivity contribution in [3.05, 3.63) is 45.1 Å². The number of carbonyl (C=O) groups is 1. The fraction of sp³-hybridized carbons (Fsp3) is 0.500. The summed E-state index contributed by atoms with van der Waals surface area (Å²) in [7, 11) is -3.56. The molecule has 0 saturated carbocycles. The molecule has 0 aliphatic carbocycles. The van der Waals surface area contributed by atoms with Gasteiger partial charge in [0.2, 0.25) is 15.9 Å². The van der Waals surface area contributed by atoms with Gasteiger partial charge in [-0.2, -0.15) is 9.40 Å². The van der Waals surface area contributed by atoms with Crippen molar-refractivity contribution in [1.82, 2.24) is 19.4 Å². The Kier molecular flexibility index (Phi) is 7.60. The smallest absolute Gasteiger partial charge is 0.243 e. The summed E-state index contributed by atoms with van der Waals surface area (Å²) in [6.07, 6.45) is 1.82. The van der Waals surface area contributed by atoms with Crippen molar-refractivity contribution in [2.24, 2.45) is 5.92 Å². The number of carbonyl (C=O) groups excluding carboxylic acids is 1. The quantitative estimate of drug-likeness (QED) is 0.570. The standard InChI is InChI=1S/C20H26BrClN4O3S/c1-14-19(21)15(2)26(24-14)11-3-10-23-20(27)16-8-12-25(13-9-16)30(28,29)18-6-4-17(22)5-7-18/h4-7,16H,3,8-13H2,1-2H3,(H,23,27). The van der Waals surface area contributed by atoms with Crippen LogP contribution in [0.2, 0.25) is 5.02 Å². The van der Waals surface area contributed by atoms with Crippen LogP contribution in [0, 0.1) is 19.8 Å². The Hall–Kier alpha value is -1.42. The van der Waals surface area contributed by atoms with Crippen LogP contribution in [-0.2, 0) is 21.4 Å². The van der Waals surface area contributed by atoms with Crippen molar-refractivity contribution in [2.75, 3.05) is 19.6 Å². The lowest BCUT2D eigenvalue weighted by molar-refractivity contribution is -0.126. The van der Waals surface area contributed by atoms with Crippen molar-refractivity contribution in [2.45, 2.75) is 44.6 Å². The lowest BCUT2D eigenvalue weighted by atomic mass is 9.97. The molecule has 7 nitrogen and oxygen atoms in total. The van der Waals surface area contributed by atoms with Crippen LogP contribution in [-0.4, -0.2) is 48.0 Å². The third-order valence-corrected chi connectivity index (χ3v) is 8.73. The molecular weight excluding hydrogens is 492 g/mol. The number of amides is 1. The number of aromatic nitrogens is 2. The van der Waals surface area contributed by atoms with Gasteiger partial charge in [-0.15, -0.1) is 0 Å². The van der Waals surface area contributed by atoms with Crippen molar-refractivity contribution >= 4 is 43.5 Å². The van der Waals surface area contributed by atoms with Crippen LogP contribution in [0.5, 0.6) is 0 Å². The molecule has 0 unspecified atom stereocenters. The molecule has 1 N–H and O–H groups in total. The highest BCUT2D eigenvalue weighted by Crippen LogP contribution is 2.25. The van der Waals surface area contributed by atoms with Crippen molar-refractivity contribution in [1.29, 1.82) is 0 Å². The molecule has 10 heteroatoms. The summed E-state index contributed by atoms with van der Waals surface area (Å²) in [5.74, 6) is -0.169. The molecule has 2 heterocycles. The zero-order valence-corrected chi connectivity index (χ0v) is 20.2. The summed E-state index contributed by atoms with van der Waals surface area (Å²) in [5, 5.41) is 7.94. The van der Waals surface area contributed by atoms with E-state index in [1.54, 1.807) is 12.1 Å². The molecule has 1 aromatic heterocycles. The van der Waals surface area contributed by atoms with Gasteiger partial charge in [0.15, 0.2) is 0 Å². The molecule has 0 bridgehead atoms. The number of nitrogens with one attached hydrogen (secondary N) is 1. The van der Waals surface area contributed by atoms with E-state index in [0.29, 0.717) is 37.5 Å². The number of hydrogen-bond acceptors (Lipinski definition) is 4. The molecule has 1 amide bonds. The van der Waals surface area contributed by atoms with Crippen molar-refractivity contribution in [3.8, 4) is 0 Å². The highest BCUT2D eigenvalue weighted by atomic mass is 79.9. The third-order valence-electron chi connectivity index (χ3n) is 5.42. The Labute approximate surface area is 191 Å². The Balaban J connectivity index is 1.44. The monoisotopic (exact) mass is 516 g/mol. The van der Waals surface area contributed by atoms with E-state index >= 15 is 0 Å². The minimum Gasteiger partial charge on any atom is -0.356 e. The van der Waals surface area contributed by atoms with E-state index < -0.39 is 10.0 Å². The number of benzene rings is 1. The minimum absolute atomic E-state index is 0.00640. The average molecular weight is 518 g/mol. The van der Waals surface area contributed by atoms with Gasteiger partial charge in [-0.05, 0) is 73.3 Å². The number of halogens is 2. The molecule has 0 atom stereocenters. The van der Waals surface area contributed by atoms with E-state index in [1.165, 1.54) is 16.4 Å². The predicted octanol–water partition coefficient (Wildman–Crippen LogP) is 3.52. The van der Waals surface area contributed by atoms with Crippen molar-refractivity contribution < 1.29 is 13.2 Å². The summed E-state index contributed by atoms with van der Waals surface area (Å²) in [6, 6.07) is 6.16. The maximum absolute atomic E-state index is 12.7. The molecule has 3 rings (SSSR count). The van der Waals surface area contributed by atoms with E-state index in [2.05, 4.69) is 26.3 Å². The molecule has 1 aliphatic heterocycles. The first kappa shape index (κ1) is 23.2. The van der Waals surface area contributed by atoms with E-state index in [-0.39, 0.29) is 16.7 Å². The zero-order valence-electron chi connectivity index (χ0n) is 17.1. The Morgan fingerprint density at radius 1 is 1.23 bits per heavy atom. The Morgan fingerprint density at radius 3 is 2.43 bits per heavy atom. The van der Waals surface area contributed by atoms with E-state index in [0.717, 1.165) is 28.8 Å². The van der Waals surface area contributed by atoms with Crippen LogP contribution >= 0.6 is 27.5 Å². The molecule has 1 fully saturated rings. The molecule has 1 saturated heterocycles. The molecule has 0 radical (unpaired) electrons. The number of piperidine rings is 1. The second kappa shape index (κ2) is 9.80. The molecular formula is C20H26BrClN4O3S. The second-order valence-electron chi connectivity index (χ2n) is 7.48. The molecule has 1 aromatic carbocycles. The van der Waals surface area contributed by atoms with Gasteiger partial charge in [-0.3, -0.25) is 9.48 Å². The van der Waals surface area contributed by atoms with Crippen molar-refractivity contribution in [3.63, 3.8) is 0 Å². The van der Waals surface area contributed by atoms with Crippen LogP contribution in [0.15, 0.2) is 33.6 Å². The van der Waals surface area contributed by atoms with Gasteiger partial charge in [-0.25, -0.2) is 8.42 Å². The molecule has 2 aromatic rings. The van der Waals surface area contributed by atoms with Gasteiger partial charge in [0.25, 0.3) is 0 Å². The van der Waals surface area contributed by atoms with E-state index in [1.807, 2.05) is 18.5 Å². The number of aryl methyl sites for hydroxylation is 2. The highest BCUT2D eigenvalue weighted by molar-refractivity contribution is 9.10. The first-order chi connectivity index (χ1) is 14.2. The lowest BCUT2D eigenvalue weighted by Gasteiger charge is -2.30. The fourth-order valence-corrected chi connectivity index (χ4v) is 5.47. The highest BCUT2D eigenvalue weighted by Gasteiger charge is 2.31. The number of nitrogens with zero attached hydrogens (tertiary/aromatic N) is 3. The van der Waals surface area contributed by atoms with Crippen LogP contribution in [0.25, 0.3) is 0 Å². The van der Waals surface area contributed by atoms with Crippen LogP contribution in [0.4, 0.5) is 0 Å². The Morgan fingerprint density at radius 2 is 1.87 bits per heavy atom. The third kappa shape index (κ3) is 5.25. The first-order valence-corrected chi connectivity index (χ1v) is 12.5. The van der Waals surface area contributed by atoms with Gasteiger partial charge in [0.05, 0.1) is 15.1 Å². The summed E-state index contributed by atoms with van der Waals surface area (Å²) >= 11 is 9.36. The largest absolute Gasteiger partial charge is 0.356 e. The van der Waals surface area contributed by atoms with E-state index in [9.17, 15) is 13.2 Å². The topological polar surface area (TPSA) is 84.3 Å². The van der Waals surface area contributed by atoms with E-state index in [4.69, 9.17) is 11.6 Å². The van der Waals surface area contributed by atoms with Crippen LogP contribution in [0.1, 0.15) is 30.7 Å². The van der Waals surface area contributed by atoms with Gasteiger partial charge in [0.1, 0.15) is 0 Å². The second-order valence-corrected chi connectivity index (χ2v) is 10.7. The SMILES string of the molecule is Cc1nn(CCCNC(=O)C2CCN(S(=O)(=O)c3ccc(Cl)cc3)CC2)c(C)c1Br. The zero-order chi connectivity index (χ0) is 21.9. The normalized spacial score (nSPS) is 16.0.